The normalized spacial score (nSPS) is 20.1. The Hall–Kier alpha value is -1.36. The van der Waals surface area contributed by atoms with Gasteiger partial charge in [-0.2, -0.15) is 0 Å². The highest BCUT2D eigenvalue weighted by Crippen LogP contribution is 2.39. The third-order valence-corrected chi connectivity index (χ3v) is 5.45. The van der Waals surface area contributed by atoms with Gasteiger partial charge in [0.15, 0.2) is 0 Å². The number of methoxy groups -OCH3 is 1. The van der Waals surface area contributed by atoms with Gasteiger partial charge in [0.1, 0.15) is 5.75 Å². The molecule has 0 saturated heterocycles. The number of hydrogen-bond acceptors (Lipinski definition) is 4. The minimum atomic E-state index is 0.113. The van der Waals surface area contributed by atoms with E-state index in [9.17, 15) is 0 Å². The Bertz CT molecular complexity index is 618. The molecule has 2 atom stereocenters. The van der Waals surface area contributed by atoms with Gasteiger partial charge in [0.2, 0.25) is 0 Å². The first-order valence-electron chi connectivity index (χ1n) is 7.29. The fourth-order valence-corrected chi connectivity index (χ4v) is 4.21. The third kappa shape index (κ3) is 2.84. The molecular formula is C17H22N2OS. The fourth-order valence-electron chi connectivity index (χ4n) is 2.95. The average molecular weight is 302 g/mol. The van der Waals surface area contributed by atoms with Gasteiger partial charge >= 0.3 is 0 Å². The zero-order valence-corrected chi connectivity index (χ0v) is 13.6. The molecule has 3 rings (SSSR count). The van der Waals surface area contributed by atoms with E-state index in [4.69, 9.17) is 10.5 Å². The van der Waals surface area contributed by atoms with E-state index in [0.717, 1.165) is 18.8 Å². The number of ether oxygens (including phenoxy) is 1. The van der Waals surface area contributed by atoms with Crippen molar-refractivity contribution in [2.24, 2.45) is 5.73 Å². The SMILES string of the molecule is COc1ccc(C2CN(C)Cc3sc(C(C)N)cc32)cc1. The van der Waals surface area contributed by atoms with Crippen LogP contribution < -0.4 is 10.5 Å². The lowest BCUT2D eigenvalue weighted by atomic mass is 9.88. The molecule has 0 spiro atoms. The molecule has 2 N–H and O–H groups in total. The number of nitrogens with two attached hydrogens (primary N) is 1. The minimum absolute atomic E-state index is 0.113. The van der Waals surface area contributed by atoms with E-state index in [-0.39, 0.29) is 6.04 Å². The van der Waals surface area contributed by atoms with E-state index in [1.54, 1.807) is 7.11 Å². The van der Waals surface area contributed by atoms with Gasteiger partial charge in [-0.3, -0.25) is 0 Å². The Morgan fingerprint density at radius 2 is 2.05 bits per heavy atom. The average Bonchev–Trinajstić information content (AvgIpc) is 2.90. The molecule has 0 saturated carbocycles. The molecule has 2 heterocycles. The maximum Gasteiger partial charge on any atom is 0.118 e. The number of thiophene rings is 1. The molecule has 0 radical (unpaired) electrons. The second-order valence-electron chi connectivity index (χ2n) is 5.84. The Balaban J connectivity index is 1.99. The van der Waals surface area contributed by atoms with Crippen LogP contribution >= 0.6 is 11.3 Å². The van der Waals surface area contributed by atoms with Crippen LogP contribution in [0.15, 0.2) is 30.3 Å². The summed E-state index contributed by atoms with van der Waals surface area (Å²) in [7, 11) is 3.89. The highest BCUT2D eigenvalue weighted by Gasteiger charge is 2.27. The molecule has 2 unspecified atom stereocenters. The molecule has 1 aliphatic heterocycles. The Morgan fingerprint density at radius 3 is 2.67 bits per heavy atom. The summed E-state index contributed by atoms with van der Waals surface area (Å²) in [5.74, 6) is 1.33. The van der Waals surface area contributed by atoms with Gasteiger partial charge in [-0.25, -0.2) is 0 Å². The van der Waals surface area contributed by atoms with Crippen molar-refractivity contribution in [3.05, 3.63) is 51.2 Å². The molecule has 112 valence electrons. The number of rotatable bonds is 3. The van der Waals surface area contributed by atoms with Gasteiger partial charge in [0.05, 0.1) is 7.11 Å². The van der Waals surface area contributed by atoms with Crippen molar-refractivity contribution in [2.45, 2.75) is 25.4 Å². The van der Waals surface area contributed by atoms with Gasteiger partial charge < -0.3 is 15.4 Å². The molecule has 1 aliphatic rings. The highest BCUT2D eigenvalue weighted by molar-refractivity contribution is 7.12. The standard InChI is InChI=1S/C17H22N2OS/c1-11(18)16-8-14-15(9-19(2)10-17(14)21-16)12-4-6-13(20-3)7-5-12/h4-8,11,15H,9-10,18H2,1-3H3. The summed E-state index contributed by atoms with van der Waals surface area (Å²) >= 11 is 1.86. The lowest BCUT2D eigenvalue weighted by molar-refractivity contribution is 0.299. The van der Waals surface area contributed by atoms with Crippen LogP contribution in [0.1, 0.15) is 39.8 Å². The van der Waals surface area contributed by atoms with Crippen molar-refractivity contribution in [1.29, 1.82) is 0 Å². The first kappa shape index (κ1) is 14.6. The lowest BCUT2D eigenvalue weighted by Crippen LogP contribution is -2.29. The fraction of sp³-hybridized carbons (Fsp3) is 0.412. The summed E-state index contributed by atoms with van der Waals surface area (Å²) in [6.45, 7) is 4.14. The van der Waals surface area contributed by atoms with Crippen LogP contribution in [0.4, 0.5) is 0 Å². The minimum Gasteiger partial charge on any atom is -0.497 e. The van der Waals surface area contributed by atoms with E-state index in [1.807, 2.05) is 23.5 Å². The summed E-state index contributed by atoms with van der Waals surface area (Å²) in [6.07, 6.45) is 0. The van der Waals surface area contributed by atoms with Gasteiger partial charge in [0.25, 0.3) is 0 Å². The van der Waals surface area contributed by atoms with Crippen LogP contribution in [-0.4, -0.2) is 25.6 Å². The Kier molecular flexibility index (Phi) is 4.02. The molecule has 1 aromatic heterocycles. The summed E-state index contributed by atoms with van der Waals surface area (Å²) in [5, 5.41) is 0. The van der Waals surface area contributed by atoms with Crippen molar-refractivity contribution in [1.82, 2.24) is 4.90 Å². The Labute approximate surface area is 130 Å². The molecule has 0 fully saturated rings. The Morgan fingerprint density at radius 1 is 1.33 bits per heavy atom. The molecule has 0 bridgehead atoms. The maximum absolute atomic E-state index is 6.06. The summed E-state index contributed by atoms with van der Waals surface area (Å²) in [6, 6.07) is 10.9. The van der Waals surface area contributed by atoms with Crippen molar-refractivity contribution in [3.8, 4) is 5.75 Å². The van der Waals surface area contributed by atoms with Crippen molar-refractivity contribution >= 4 is 11.3 Å². The predicted octanol–water partition coefficient (Wildman–Crippen LogP) is 3.35. The van der Waals surface area contributed by atoms with E-state index >= 15 is 0 Å². The van der Waals surface area contributed by atoms with Crippen LogP contribution in [0.2, 0.25) is 0 Å². The van der Waals surface area contributed by atoms with Crippen LogP contribution in [0, 0.1) is 0 Å². The van der Waals surface area contributed by atoms with Crippen molar-refractivity contribution in [2.75, 3.05) is 20.7 Å². The molecule has 2 aromatic rings. The van der Waals surface area contributed by atoms with E-state index in [2.05, 4.69) is 37.1 Å². The van der Waals surface area contributed by atoms with Gasteiger partial charge in [-0.05, 0) is 43.3 Å². The lowest BCUT2D eigenvalue weighted by Gasteiger charge is -2.30. The van der Waals surface area contributed by atoms with E-state index in [0.29, 0.717) is 5.92 Å². The molecule has 4 heteroatoms. The molecule has 21 heavy (non-hydrogen) atoms. The number of likely N-dealkylation sites (N-methyl/N-ethyl adjacent to an activating group) is 1. The van der Waals surface area contributed by atoms with Crippen LogP contribution in [0.25, 0.3) is 0 Å². The van der Waals surface area contributed by atoms with E-state index < -0.39 is 0 Å². The van der Waals surface area contributed by atoms with Crippen molar-refractivity contribution < 1.29 is 4.74 Å². The van der Waals surface area contributed by atoms with Crippen LogP contribution in [0.3, 0.4) is 0 Å². The summed E-state index contributed by atoms with van der Waals surface area (Å²) < 4.78 is 5.26. The van der Waals surface area contributed by atoms with Gasteiger partial charge in [-0.15, -0.1) is 11.3 Å². The van der Waals surface area contributed by atoms with Crippen molar-refractivity contribution in [3.63, 3.8) is 0 Å². The number of benzene rings is 1. The zero-order chi connectivity index (χ0) is 15.0. The van der Waals surface area contributed by atoms with E-state index in [1.165, 1.54) is 20.9 Å². The molecule has 3 nitrogen and oxygen atoms in total. The molecule has 0 aliphatic carbocycles. The van der Waals surface area contributed by atoms with Crippen LogP contribution in [-0.2, 0) is 6.54 Å². The quantitative estimate of drug-likeness (QED) is 0.945. The molecule has 1 aromatic carbocycles. The number of nitrogens with zero attached hydrogens (tertiary/aromatic N) is 1. The third-order valence-electron chi connectivity index (χ3n) is 4.11. The topological polar surface area (TPSA) is 38.5 Å². The van der Waals surface area contributed by atoms with Gasteiger partial charge in [0, 0.05) is 34.8 Å². The molecular weight excluding hydrogens is 280 g/mol. The second-order valence-corrected chi connectivity index (χ2v) is 7.01. The monoisotopic (exact) mass is 302 g/mol. The van der Waals surface area contributed by atoms with Crippen LogP contribution in [0.5, 0.6) is 5.75 Å². The maximum atomic E-state index is 6.06. The first-order chi connectivity index (χ1) is 10.1. The molecule has 0 amide bonds. The second kappa shape index (κ2) is 5.79. The number of fused-ring (bicyclic) bond motifs is 1. The summed E-state index contributed by atoms with van der Waals surface area (Å²) in [5.41, 5.74) is 8.86. The predicted molar refractivity (Wildman–Crippen MR) is 88.1 cm³/mol. The largest absolute Gasteiger partial charge is 0.497 e. The first-order valence-corrected chi connectivity index (χ1v) is 8.10. The smallest absolute Gasteiger partial charge is 0.118 e. The highest BCUT2D eigenvalue weighted by atomic mass is 32.1. The summed E-state index contributed by atoms with van der Waals surface area (Å²) in [4.78, 5) is 5.13. The zero-order valence-electron chi connectivity index (χ0n) is 12.8. The van der Waals surface area contributed by atoms with Gasteiger partial charge in [-0.1, -0.05) is 12.1 Å². The number of hydrogen-bond donors (Lipinski definition) is 1.